The van der Waals surface area contributed by atoms with Gasteiger partial charge in [0.1, 0.15) is 24.3 Å². The zero-order valence-electron chi connectivity index (χ0n) is 15.2. The summed E-state index contributed by atoms with van der Waals surface area (Å²) in [5.41, 5.74) is 0. The van der Waals surface area contributed by atoms with E-state index in [1.54, 1.807) is 12.1 Å². The van der Waals surface area contributed by atoms with E-state index in [4.69, 9.17) is 14.2 Å². The van der Waals surface area contributed by atoms with E-state index in [0.29, 0.717) is 19.0 Å². The van der Waals surface area contributed by atoms with Gasteiger partial charge in [-0.25, -0.2) is 4.39 Å². The minimum atomic E-state index is -0.271. The van der Waals surface area contributed by atoms with E-state index < -0.39 is 0 Å². The fourth-order valence-electron chi connectivity index (χ4n) is 3.10. The Morgan fingerprint density at radius 3 is 2.50 bits per heavy atom. The van der Waals surface area contributed by atoms with Crippen molar-refractivity contribution in [3.05, 3.63) is 54.3 Å². The molecule has 2 aromatic carbocycles. The second-order valence-electron chi connectivity index (χ2n) is 6.34. The largest absolute Gasteiger partial charge is 0.492 e. The lowest BCUT2D eigenvalue weighted by molar-refractivity contribution is 0.0888. The number of hydrogen-bond donors (Lipinski definition) is 0. The highest BCUT2D eigenvalue weighted by Gasteiger charge is 2.21. The molecule has 3 rings (SSSR count). The molecule has 0 atom stereocenters. The van der Waals surface area contributed by atoms with E-state index in [1.807, 2.05) is 31.2 Å². The van der Waals surface area contributed by atoms with Crippen molar-refractivity contribution in [3.63, 3.8) is 0 Å². The first kappa shape index (κ1) is 18.5. The lowest BCUT2D eigenvalue weighted by Crippen LogP contribution is -2.40. The van der Waals surface area contributed by atoms with E-state index in [1.165, 1.54) is 12.1 Å². The van der Waals surface area contributed by atoms with Crippen molar-refractivity contribution in [1.82, 2.24) is 4.90 Å². The van der Waals surface area contributed by atoms with E-state index in [9.17, 15) is 4.39 Å². The number of likely N-dealkylation sites (tertiary alicyclic amines) is 1. The summed E-state index contributed by atoms with van der Waals surface area (Å²) >= 11 is 0. The Morgan fingerprint density at radius 2 is 1.77 bits per heavy atom. The Balaban J connectivity index is 1.40. The first-order valence-electron chi connectivity index (χ1n) is 9.24. The molecular formula is C21H26FNO3. The maximum absolute atomic E-state index is 13.1. The molecular weight excluding hydrogens is 333 g/mol. The summed E-state index contributed by atoms with van der Waals surface area (Å²) in [4.78, 5) is 2.35. The molecule has 1 saturated heterocycles. The summed E-state index contributed by atoms with van der Waals surface area (Å²) < 4.78 is 30.5. The van der Waals surface area contributed by atoms with Gasteiger partial charge in [0.25, 0.3) is 0 Å². The van der Waals surface area contributed by atoms with Gasteiger partial charge >= 0.3 is 0 Å². The number of benzene rings is 2. The summed E-state index contributed by atoms with van der Waals surface area (Å²) in [5.74, 6) is 1.94. The maximum atomic E-state index is 13.1. The molecule has 0 N–H and O–H groups in total. The zero-order chi connectivity index (χ0) is 18.2. The molecule has 0 aromatic heterocycles. The van der Waals surface area contributed by atoms with Crippen molar-refractivity contribution < 1.29 is 18.6 Å². The predicted molar refractivity (Wildman–Crippen MR) is 99.6 cm³/mol. The van der Waals surface area contributed by atoms with Crippen LogP contribution < -0.4 is 14.2 Å². The topological polar surface area (TPSA) is 30.9 Å². The van der Waals surface area contributed by atoms with Gasteiger partial charge in [-0.2, -0.15) is 0 Å². The average Bonchev–Trinajstić information content (AvgIpc) is 2.65. The van der Waals surface area contributed by atoms with Crippen molar-refractivity contribution >= 4 is 0 Å². The average molecular weight is 359 g/mol. The number of para-hydroxylation sites is 2. The molecule has 1 fully saturated rings. The smallest absolute Gasteiger partial charge is 0.161 e. The summed E-state index contributed by atoms with van der Waals surface area (Å²) in [6.07, 6.45) is 2.15. The molecule has 26 heavy (non-hydrogen) atoms. The van der Waals surface area contributed by atoms with E-state index in [0.717, 1.165) is 44.0 Å². The SMILES string of the molecule is CCOc1ccccc1OC1CCN(CCOc2cccc(F)c2)CC1. The monoisotopic (exact) mass is 359 g/mol. The number of halogens is 1. The molecule has 140 valence electrons. The van der Waals surface area contributed by atoms with Crippen molar-refractivity contribution in [1.29, 1.82) is 0 Å². The fraction of sp³-hybridized carbons (Fsp3) is 0.429. The molecule has 5 heteroatoms. The molecule has 1 aliphatic rings. The highest BCUT2D eigenvalue weighted by atomic mass is 19.1. The number of rotatable bonds is 8. The van der Waals surface area contributed by atoms with Gasteiger partial charge in [-0.05, 0) is 44.0 Å². The Kier molecular flexibility index (Phi) is 6.72. The van der Waals surface area contributed by atoms with Gasteiger partial charge in [-0.15, -0.1) is 0 Å². The lowest BCUT2D eigenvalue weighted by Gasteiger charge is -2.32. The van der Waals surface area contributed by atoms with Gasteiger partial charge in [-0.1, -0.05) is 18.2 Å². The van der Waals surface area contributed by atoms with Crippen LogP contribution in [0.1, 0.15) is 19.8 Å². The first-order chi connectivity index (χ1) is 12.7. The molecule has 4 nitrogen and oxygen atoms in total. The zero-order valence-corrected chi connectivity index (χ0v) is 15.2. The van der Waals surface area contributed by atoms with Crippen LogP contribution in [-0.4, -0.2) is 43.9 Å². The molecule has 0 amide bonds. The van der Waals surface area contributed by atoms with Crippen LogP contribution in [0.5, 0.6) is 17.2 Å². The van der Waals surface area contributed by atoms with E-state index in [2.05, 4.69) is 4.90 Å². The predicted octanol–water partition coefficient (Wildman–Crippen LogP) is 4.15. The third-order valence-corrected chi connectivity index (χ3v) is 4.45. The molecule has 1 heterocycles. The molecule has 0 unspecified atom stereocenters. The quantitative estimate of drug-likeness (QED) is 0.709. The second kappa shape index (κ2) is 9.43. The highest BCUT2D eigenvalue weighted by Crippen LogP contribution is 2.29. The molecule has 1 aliphatic heterocycles. The molecule has 0 aliphatic carbocycles. The minimum Gasteiger partial charge on any atom is -0.492 e. The fourth-order valence-corrected chi connectivity index (χ4v) is 3.10. The molecule has 0 bridgehead atoms. The van der Waals surface area contributed by atoms with Gasteiger partial charge in [0.2, 0.25) is 0 Å². The van der Waals surface area contributed by atoms with Crippen LogP contribution in [0.3, 0.4) is 0 Å². The standard InChI is InChI=1S/C21H26FNO3/c1-2-24-20-8-3-4-9-21(20)26-18-10-12-23(13-11-18)14-15-25-19-7-5-6-17(22)16-19/h3-9,16,18H,2,10-15H2,1H3. The number of nitrogens with zero attached hydrogens (tertiary/aromatic N) is 1. The van der Waals surface area contributed by atoms with Crippen molar-refractivity contribution in [2.75, 3.05) is 32.8 Å². The summed E-state index contributed by atoms with van der Waals surface area (Å²) in [5, 5.41) is 0. The van der Waals surface area contributed by atoms with Crippen molar-refractivity contribution in [2.45, 2.75) is 25.9 Å². The first-order valence-corrected chi connectivity index (χ1v) is 9.24. The lowest BCUT2D eigenvalue weighted by atomic mass is 10.1. The van der Waals surface area contributed by atoms with Crippen LogP contribution in [0.25, 0.3) is 0 Å². The van der Waals surface area contributed by atoms with E-state index in [-0.39, 0.29) is 11.9 Å². The van der Waals surface area contributed by atoms with Crippen LogP contribution in [0, 0.1) is 5.82 Å². The number of ether oxygens (including phenoxy) is 3. The Morgan fingerprint density at radius 1 is 1.00 bits per heavy atom. The van der Waals surface area contributed by atoms with Crippen LogP contribution in [0.2, 0.25) is 0 Å². The van der Waals surface area contributed by atoms with Crippen molar-refractivity contribution in [2.24, 2.45) is 0 Å². The van der Waals surface area contributed by atoms with Crippen LogP contribution >= 0.6 is 0 Å². The number of piperidine rings is 1. The van der Waals surface area contributed by atoms with Crippen LogP contribution in [-0.2, 0) is 0 Å². The Hall–Kier alpha value is -2.27. The third kappa shape index (κ3) is 5.36. The van der Waals surface area contributed by atoms with Crippen LogP contribution in [0.15, 0.2) is 48.5 Å². The molecule has 2 aromatic rings. The number of hydrogen-bond acceptors (Lipinski definition) is 4. The highest BCUT2D eigenvalue weighted by molar-refractivity contribution is 5.39. The van der Waals surface area contributed by atoms with Gasteiger partial charge in [0.05, 0.1) is 6.61 Å². The molecule has 0 radical (unpaired) electrons. The summed E-state index contributed by atoms with van der Waals surface area (Å²) in [7, 11) is 0. The Labute approximate surface area is 154 Å². The van der Waals surface area contributed by atoms with Gasteiger partial charge in [0.15, 0.2) is 11.5 Å². The van der Waals surface area contributed by atoms with Crippen molar-refractivity contribution in [3.8, 4) is 17.2 Å². The molecule has 0 spiro atoms. The summed E-state index contributed by atoms with van der Waals surface area (Å²) in [6.45, 7) is 5.92. The van der Waals surface area contributed by atoms with Gasteiger partial charge < -0.3 is 14.2 Å². The second-order valence-corrected chi connectivity index (χ2v) is 6.34. The maximum Gasteiger partial charge on any atom is 0.161 e. The summed E-state index contributed by atoms with van der Waals surface area (Å²) in [6, 6.07) is 14.1. The van der Waals surface area contributed by atoms with Crippen LogP contribution in [0.4, 0.5) is 4.39 Å². The third-order valence-electron chi connectivity index (χ3n) is 4.45. The normalized spacial score (nSPS) is 15.6. The van der Waals surface area contributed by atoms with Gasteiger partial charge in [0, 0.05) is 25.7 Å². The molecule has 0 saturated carbocycles. The Bertz CT molecular complexity index is 686. The van der Waals surface area contributed by atoms with Gasteiger partial charge in [-0.3, -0.25) is 4.90 Å². The van der Waals surface area contributed by atoms with E-state index >= 15 is 0 Å². The minimum absolute atomic E-state index is 0.206.